The van der Waals surface area contributed by atoms with Crippen LogP contribution < -0.4 is 22.8 Å². The predicted molar refractivity (Wildman–Crippen MR) is 166 cm³/mol. The minimum Gasteiger partial charge on any atom is -0.399 e. The Kier molecular flexibility index (Phi) is 17.7. The third-order valence-corrected chi connectivity index (χ3v) is 8.26. The smallest absolute Gasteiger partial charge is 0.328 e. The summed E-state index contributed by atoms with van der Waals surface area (Å²) in [6, 6.07) is 0.0887. The van der Waals surface area contributed by atoms with Gasteiger partial charge in [-0.05, 0) is 38.5 Å². The second-order valence-corrected chi connectivity index (χ2v) is 12.1. The molecule has 1 fully saturated rings. The molecule has 8 heteroatoms. The van der Waals surface area contributed by atoms with Gasteiger partial charge >= 0.3 is 5.69 Å². The van der Waals surface area contributed by atoms with Gasteiger partial charge in [-0.1, -0.05) is 103 Å². The van der Waals surface area contributed by atoms with Crippen LogP contribution >= 0.6 is 0 Å². The summed E-state index contributed by atoms with van der Waals surface area (Å²) < 4.78 is 7.41. The zero-order valence-corrected chi connectivity index (χ0v) is 25.6. The second-order valence-electron chi connectivity index (χ2n) is 12.1. The molecule has 1 aliphatic carbocycles. The van der Waals surface area contributed by atoms with Crippen molar-refractivity contribution in [2.24, 2.45) is 17.5 Å². The van der Waals surface area contributed by atoms with E-state index in [4.69, 9.17) is 16.3 Å². The average Bonchev–Trinajstić information content (AvgIpc) is 3.37. The van der Waals surface area contributed by atoms with Gasteiger partial charge < -0.3 is 15.5 Å². The number of rotatable bonds is 23. The molecule has 1 aromatic rings. The number of ether oxygens (including phenoxy) is 1. The number of hydrazine groups is 1. The molecule has 0 saturated heterocycles. The van der Waals surface area contributed by atoms with Crippen LogP contribution in [0.25, 0.3) is 0 Å². The van der Waals surface area contributed by atoms with Crippen LogP contribution in [0.5, 0.6) is 0 Å². The van der Waals surface area contributed by atoms with Gasteiger partial charge in [-0.3, -0.25) is 14.3 Å². The van der Waals surface area contributed by atoms with E-state index in [0.29, 0.717) is 30.3 Å². The maximum atomic E-state index is 12.2. The van der Waals surface area contributed by atoms with Crippen molar-refractivity contribution < 1.29 is 4.74 Å². The molecule has 0 spiro atoms. The monoisotopic (exact) mass is 561 g/mol. The van der Waals surface area contributed by atoms with Crippen molar-refractivity contribution in [2.45, 2.75) is 142 Å². The Morgan fingerprint density at radius 3 is 2.08 bits per heavy atom. The van der Waals surface area contributed by atoms with Crippen LogP contribution in [-0.2, 0) is 4.74 Å². The number of nitrogens with two attached hydrogens (primary N) is 2. The number of nitrogens with one attached hydrogen (secondary N) is 1. The Hall–Kier alpha value is -2.06. The van der Waals surface area contributed by atoms with Crippen molar-refractivity contribution in [3.63, 3.8) is 0 Å². The Morgan fingerprint density at radius 1 is 0.950 bits per heavy atom. The summed E-state index contributed by atoms with van der Waals surface area (Å²) in [4.78, 5) is 26.2. The SMILES string of the molecule is CCCCCCCCCCCCCCCCCCOC/C(N)=C/N(N)CC1CCC(n2cc(C)c(=O)[nH]c2=O)C1. The van der Waals surface area contributed by atoms with Crippen LogP contribution in [0, 0.1) is 12.8 Å². The van der Waals surface area contributed by atoms with Crippen molar-refractivity contribution in [1.82, 2.24) is 14.6 Å². The number of aromatic amines is 1. The van der Waals surface area contributed by atoms with Gasteiger partial charge in [-0.25, -0.2) is 10.6 Å². The van der Waals surface area contributed by atoms with Crippen molar-refractivity contribution >= 4 is 0 Å². The average molecular weight is 562 g/mol. The van der Waals surface area contributed by atoms with Gasteiger partial charge in [0.25, 0.3) is 5.56 Å². The number of aromatic nitrogens is 2. The molecule has 1 saturated carbocycles. The first kappa shape index (κ1) is 34.1. The second kappa shape index (κ2) is 20.8. The molecule has 0 aliphatic heterocycles. The van der Waals surface area contributed by atoms with Gasteiger partial charge in [0, 0.05) is 37.2 Å². The van der Waals surface area contributed by atoms with E-state index in [9.17, 15) is 9.59 Å². The highest BCUT2D eigenvalue weighted by molar-refractivity contribution is 5.03. The molecule has 1 heterocycles. The van der Waals surface area contributed by atoms with Gasteiger partial charge in [-0.15, -0.1) is 0 Å². The minimum absolute atomic E-state index is 0.0887. The molecule has 2 unspecified atom stereocenters. The highest BCUT2D eigenvalue weighted by Gasteiger charge is 2.27. The predicted octanol–water partition coefficient (Wildman–Crippen LogP) is 6.44. The third kappa shape index (κ3) is 14.5. The Bertz CT molecular complexity index is 941. The zero-order valence-electron chi connectivity index (χ0n) is 25.6. The van der Waals surface area contributed by atoms with Crippen molar-refractivity contribution in [1.29, 1.82) is 0 Å². The van der Waals surface area contributed by atoms with E-state index in [1.165, 1.54) is 96.3 Å². The van der Waals surface area contributed by atoms with E-state index in [-0.39, 0.29) is 17.3 Å². The van der Waals surface area contributed by atoms with Crippen molar-refractivity contribution in [2.75, 3.05) is 19.8 Å². The molecule has 40 heavy (non-hydrogen) atoms. The van der Waals surface area contributed by atoms with Gasteiger partial charge in [0.05, 0.1) is 12.3 Å². The molecule has 0 bridgehead atoms. The summed E-state index contributed by atoms with van der Waals surface area (Å²) in [5, 5.41) is 1.64. The van der Waals surface area contributed by atoms with E-state index >= 15 is 0 Å². The summed E-state index contributed by atoms with van der Waals surface area (Å²) in [6.45, 7) is 5.80. The molecular formula is C32H59N5O3. The Balaban J connectivity index is 1.42. The fourth-order valence-electron chi connectivity index (χ4n) is 5.87. The topological polar surface area (TPSA) is 119 Å². The standard InChI is InChI=1S/C32H59N5O3/c1-3-4-5-6-7-8-9-10-11-12-13-14-15-16-17-18-21-40-26-29(33)25-36(34)24-28-19-20-30(22-28)37-23-27(2)31(38)35-32(37)39/h23,25,28,30H,3-22,24,26,33-34H2,1-2H3,(H,35,38,39)/b29-25-. The van der Waals surface area contributed by atoms with Crippen molar-refractivity contribution in [3.05, 3.63) is 44.5 Å². The van der Waals surface area contributed by atoms with Crippen LogP contribution in [0.1, 0.15) is 141 Å². The van der Waals surface area contributed by atoms with Crippen LogP contribution in [0.4, 0.5) is 0 Å². The lowest BCUT2D eigenvalue weighted by molar-refractivity contribution is 0.148. The lowest BCUT2D eigenvalue weighted by atomic mass is 10.0. The zero-order chi connectivity index (χ0) is 29.0. The number of nitrogens with zero attached hydrogens (tertiary/aromatic N) is 2. The van der Waals surface area contributed by atoms with Crippen LogP contribution in [0.2, 0.25) is 0 Å². The van der Waals surface area contributed by atoms with Crippen molar-refractivity contribution in [3.8, 4) is 0 Å². The van der Waals surface area contributed by atoms with Crippen LogP contribution in [0.15, 0.2) is 27.7 Å². The van der Waals surface area contributed by atoms with E-state index in [2.05, 4.69) is 11.9 Å². The maximum Gasteiger partial charge on any atom is 0.328 e. The first-order valence-electron chi connectivity index (χ1n) is 16.3. The van der Waals surface area contributed by atoms with E-state index < -0.39 is 0 Å². The number of hydrogen-bond acceptors (Lipinski definition) is 6. The quantitative estimate of drug-likeness (QED) is 0.0803. The highest BCUT2D eigenvalue weighted by atomic mass is 16.5. The lowest BCUT2D eigenvalue weighted by Crippen LogP contribution is -2.33. The molecule has 230 valence electrons. The highest BCUT2D eigenvalue weighted by Crippen LogP contribution is 2.33. The largest absolute Gasteiger partial charge is 0.399 e. The van der Waals surface area contributed by atoms with Gasteiger partial charge in [0.1, 0.15) is 0 Å². The fraction of sp³-hybridized carbons (Fsp3) is 0.812. The third-order valence-electron chi connectivity index (χ3n) is 8.26. The van der Waals surface area contributed by atoms with Crippen LogP contribution in [-0.4, -0.2) is 34.3 Å². The number of unbranched alkanes of at least 4 members (excludes halogenated alkanes) is 15. The number of hydrogen-bond donors (Lipinski definition) is 3. The van der Waals surface area contributed by atoms with Crippen LogP contribution in [0.3, 0.4) is 0 Å². The Morgan fingerprint density at radius 2 is 1.50 bits per heavy atom. The molecular weight excluding hydrogens is 502 g/mol. The lowest BCUT2D eigenvalue weighted by Gasteiger charge is -2.20. The summed E-state index contributed by atoms with van der Waals surface area (Å²) in [5.74, 6) is 6.55. The van der Waals surface area contributed by atoms with Gasteiger partial charge in [-0.2, -0.15) is 0 Å². The molecule has 0 aromatic carbocycles. The molecule has 2 rings (SSSR count). The normalized spacial score (nSPS) is 17.5. The molecule has 2 atom stereocenters. The first-order chi connectivity index (χ1) is 19.4. The maximum absolute atomic E-state index is 12.2. The molecule has 1 aromatic heterocycles. The van der Waals surface area contributed by atoms with Gasteiger partial charge in [0.2, 0.25) is 0 Å². The molecule has 1 aliphatic rings. The first-order valence-corrected chi connectivity index (χ1v) is 16.3. The van der Waals surface area contributed by atoms with Gasteiger partial charge in [0.15, 0.2) is 0 Å². The number of aryl methyl sites for hydroxylation is 1. The number of H-pyrrole nitrogens is 1. The summed E-state index contributed by atoms with van der Waals surface area (Å²) >= 11 is 0. The van der Waals surface area contributed by atoms with E-state index in [1.807, 2.05) is 0 Å². The van der Waals surface area contributed by atoms with E-state index in [1.54, 1.807) is 28.9 Å². The summed E-state index contributed by atoms with van der Waals surface area (Å²) in [7, 11) is 0. The van der Waals surface area contributed by atoms with E-state index in [0.717, 1.165) is 32.3 Å². The molecule has 0 radical (unpaired) electrons. The molecule has 8 nitrogen and oxygen atoms in total. The summed E-state index contributed by atoms with van der Waals surface area (Å²) in [5.41, 5.74) is 6.65. The fourth-order valence-corrected chi connectivity index (χ4v) is 5.87. The summed E-state index contributed by atoms with van der Waals surface area (Å²) in [6.07, 6.45) is 28.0. The Labute approximate surface area is 242 Å². The molecule has 5 N–H and O–H groups in total. The minimum atomic E-state index is -0.337. The molecule has 0 amide bonds.